The molecule has 0 fully saturated rings. The van der Waals surface area contributed by atoms with Gasteiger partial charge in [0.25, 0.3) is 11.6 Å². The summed E-state index contributed by atoms with van der Waals surface area (Å²) in [7, 11) is 0. The van der Waals surface area contributed by atoms with Gasteiger partial charge in [0.2, 0.25) is 5.91 Å². The Labute approximate surface area is 168 Å². The van der Waals surface area contributed by atoms with Crippen molar-refractivity contribution in [3.8, 4) is 0 Å². The van der Waals surface area contributed by atoms with Crippen LogP contribution in [-0.4, -0.2) is 30.5 Å². The number of nitrogens with one attached hydrogen (secondary N) is 1. The number of halogens is 3. The Balaban J connectivity index is 1.56. The molecule has 0 saturated carbocycles. The van der Waals surface area contributed by atoms with E-state index >= 15 is 0 Å². The first-order valence-corrected chi connectivity index (χ1v) is 10.0. The van der Waals surface area contributed by atoms with Gasteiger partial charge in [-0.05, 0) is 39.0 Å². The highest BCUT2D eigenvalue weighted by atomic mass is 32.1. The van der Waals surface area contributed by atoms with Crippen LogP contribution in [0, 0.1) is 19.8 Å². The molecule has 11 heteroatoms. The van der Waals surface area contributed by atoms with Crippen LogP contribution in [0.3, 0.4) is 0 Å². The first-order valence-electron chi connectivity index (χ1n) is 9.20. The smallest absolute Gasteiger partial charge is 0.302 e. The number of aromatic nitrogens is 5. The molecule has 3 heterocycles. The number of fused-ring (bicyclic) bond motifs is 2. The zero-order chi connectivity index (χ0) is 20.9. The third kappa shape index (κ3) is 3.83. The van der Waals surface area contributed by atoms with Crippen molar-refractivity contribution in [1.82, 2.24) is 24.6 Å². The lowest BCUT2D eigenvalue weighted by atomic mass is 9.93. The van der Waals surface area contributed by atoms with Crippen molar-refractivity contribution in [3.05, 3.63) is 33.3 Å². The average Bonchev–Trinajstić information content (AvgIpc) is 3.21. The number of aryl methyl sites for hydroxylation is 3. The fourth-order valence-corrected chi connectivity index (χ4v) is 4.69. The molecule has 1 aliphatic carbocycles. The van der Waals surface area contributed by atoms with E-state index in [0.29, 0.717) is 28.0 Å². The third-order valence-electron chi connectivity index (χ3n) is 5.07. The molecule has 154 valence electrons. The summed E-state index contributed by atoms with van der Waals surface area (Å²) < 4.78 is 39.7. The zero-order valence-corrected chi connectivity index (χ0v) is 16.9. The van der Waals surface area contributed by atoms with Crippen molar-refractivity contribution in [2.24, 2.45) is 5.92 Å². The van der Waals surface area contributed by atoms with Crippen LogP contribution in [-0.2, 0) is 30.2 Å². The molecule has 4 rings (SSSR count). The molecule has 0 saturated heterocycles. The molecule has 0 radical (unpaired) electrons. The van der Waals surface area contributed by atoms with Crippen molar-refractivity contribution in [3.63, 3.8) is 0 Å². The Kier molecular flexibility index (Phi) is 4.80. The minimum Gasteiger partial charge on any atom is -0.302 e. The van der Waals surface area contributed by atoms with Crippen LogP contribution >= 0.6 is 11.3 Å². The SMILES string of the molecule is Cc1nc2nc(C(F)(F)F)nn2c(C)c1CC(=O)Nc1nc2c(s1)C[C@H](C)CC2. The molecule has 1 N–H and O–H groups in total. The molecule has 0 aromatic carbocycles. The number of rotatable bonds is 3. The number of nitrogens with zero attached hydrogens (tertiary/aromatic N) is 5. The van der Waals surface area contributed by atoms with E-state index in [-0.39, 0.29) is 18.1 Å². The molecule has 0 bridgehead atoms. The summed E-state index contributed by atoms with van der Waals surface area (Å²) >= 11 is 1.48. The summed E-state index contributed by atoms with van der Waals surface area (Å²) in [4.78, 5) is 25.8. The monoisotopic (exact) mass is 424 g/mol. The molecule has 1 aliphatic rings. The average molecular weight is 424 g/mol. The van der Waals surface area contributed by atoms with Gasteiger partial charge >= 0.3 is 6.18 Å². The van der Waals surface area contributed by atoms with E-state index in [0.717, 1.165) is 29.5 Å². The molecule has 1 atom stereocenters. The maximum atomic E-state index is 12.9. The lowest BCUT2D eigenvalue weighted by Gasteiger charge is -2.15. The van der Waals surface area contributed by atoms with Crippen LogP contribution in [0.4, 0.5) is 18.3 Å². The van der Waals surface area contributed by atoms with Gasteiger partial charge in [-0.15, -0.1) is 16.4 Å². The lowest BCUT2D eigenvalue weighted by molar-refractivity contribution is -0.144. The fraction of sp³-hybridized carbons (Fsp3) is 0.500. The van der Waals surface area contributed by atoms with Gasteiger partial charge in [0, 0.05) is 21.8 Å². The van der Waals surface area contributed by atoms with Gasteiger partial charge in [0.05, 0.1) is 12.1 Å². The molecule has 0 spiro atoms. The van der Waals surface area contributed by atoms with Crippen LogP contribution < -0.4 is 5.32 Å². The van der Waals surface area contributed by atoms with E-state index < -0.39 is 12.0 Å². The molecule has 0 unspecified atom stereocenters. The number of hydrogen-bond acceptors (Lipinski definition) is 6. The van der Waals surface area contributed by atoms with Crippen LogP contribution in [0.25, 0.3) is 5.78 Å². The first-order chi connectivity index (χ1) is 13.6. The highest BCUT2D eigenvalue weighted by molar-refractivity contribution is 7.15. The van der Waals surface area contributed by atoms with E-state index in [2.05, 4.69) is 32.3 Å². The maximum absolute atomic E-state index is 12.9. The second-order valence-corrected chi connectivity index (χ2v) is 8.45. The molecule has 0 aliphatic heterocycles. The number of thiazole rings is 1. The molecule has 7 nitrogen and oxygen atoms in total. The Bertz CT molecular complexity index is 1100. The first kappa shape index (κ1) is 19.7. The van der Waals surface area contributed by atoms with Crippen LogP contribution in [0.5, 0.6) is 0 Å². The van der Waals surface area contributed by atoms with Gasteiger partial charge in [-0.2, -0.15) is 18.2 Å². The van der Waals surface area contributed by atoms with E-state index in [1.165, 1.54) is 16.2 Å². The minimum absolute atomic E-state index is 0.0392. The summed E-state index contributed by atoms with van der Waals surface area (Å²) in [5, 5.41) is 6.87. The quantitative estimate of drug-likeness (QED) is 0.695. The molecule has 29 heavy (non-hydrogen) atoms. The molecule has 3 aromatic rings. The number of carbonyl (C=O) groups excluding carboxylic acids is 1. The second-order valence-electron chi connectivity index (χ2n) is 7.37. The molecule has 3 aromatic heterocycles. The Hall–Kier alpha value is -2.56. The topological polar surface area (TPSA) is 85.1 Å². The summed E-state index contributed by atoms with van der Waals surface area (Å²) in [6, 6.07) is 0. The van der Waals surface area contributed by atoms with Crippen molar-refractivity contribution in [1.29, 1.82) is 0 Å². The van der Waals surface area contributed by atoms with Gasteiger partial charge < -0.3 is 5.32 Å². The van der Waals surface area contributed by atoms with Gasteiger partial charge in [-0.1, -0.05) is 6.92 Å². The molecular formula is C18H19F3N6OS. The van der Waals surface area contributed by atoms with Crippen LogP contribution in [0.15, 0.2) is 0 Å². The van der Waals surface area contributed by atoms with Crippen LogP contribution in [0.1, 0.15) is 46.7 Å². The largest absolute Gasteiger partial charge is 0.453 e. The van der Waals surface area contributed by atoms with E-state index in [1.54, 1.807) is 13.8 Å². The van der Waals surface area contributed by atoms with Crippen LogP contribution in [0.2, 0.25) is 0 Å². The zero-order valence-electron chi connectivity index (χ0n) is 16.1. The minimum atomic E-state index is -4.66. The highest BCUT2D eigenvalue weighted by Gasteiger charge is 2.37. The predicted octanol–water partition coefficient (Wildman–Crippen LogP) is 3.52. The standard InChI is InChI=1S/C18H19F3N6OS/c1-8-4-5-12-13(6-8)29-17(23-12)24-14(28)7-11-9(2)22-16-25-15(18(19,20)21)26-27(16)10(11)3/h8H,4-7H2,1-3H3,(H,23,24,28)/t8-/m1/s1. The summed E-state index contributed by atoms with van der Waals surface area (Å²) in [5.41, 5.74) is 2.40. The second kappa shape index (κ2) is 7.05. The number of anilines is 1. The van der Waals surface area contributed by atoms with E-state index in [4.69, 9.17) is 0 Å². The normalized spacial score (nSPS) is 16.8. The Morgan fingerprint density at radius 3 is 2.76 bits per heavy atom. The highest BCUT2D eigenvalue weighted by Crippen LogP contribution is 2.32. The summed E-state index contributed by atoms with van der Waals surface area (Å²) in [5.74, 6) is -1.08. The third-order valence-corrected chi connectivity index (χ3v) is 6.11. The van der Waals surface area contributed by atoms with Gasteiger partial charge in [-0.25, -0.2) is 14.5 Å². The van der Waals surface area contributed by atoms with Crippen molar-refractivity contribution in [2.75, 3.05) is 5.32 Å². The predicted molar refractivity (Wildman–Crippen MR) is 101 cm³/mol. The van der Waals surface area contributed by atoms with Crippen molar-refractivity contribution >= 4 is 28.2 Å². The summed E-state index contributed by atoms with van der Waals surface area (Å²) in [6.45, 7) is 5.44. The fourth-order valence-electron chi connectivity index (χ4n) is 3.50. The maximum Gasteiger partial charge on any atom is 0.453 e. The van der Waals surface area contributed by atoms with E-state index in [1.807, 2.05) is 0 Å². The van der Waals surface area contributed by atoms with E-state index in [9.17, 15) is 18.0 Å². The number of carbonyl (C=O) groups is 1. The Morgan fingerprint density at radius 1 is 1.28 bits per heavy atom. The van der Waals surface area contributed by atoms with Gasteiger partial charge in [0.15, 0.2) is 5.13 Å². The van der Waals surface area contributed by atoms with Crippen molar-refractivity contribution < 1.29 is 18.0 Å². The Morgan fingerprint density at radius 2 is 2.03 bits per heavy atom. The number of amides is 1. The molecule has 1 amide bonds. The lowest BCUT2D eigenvalue weighted by Crippen LogP contribution is -2.17. The van der Waals surface area contributed by atoms with Crippen molar-refractivity contribution in [2.45, 2.75) is 52.6 Å². The molecular weight excluding hydrogens is 405 g/mol. The number of alkyl halides is 3. The summed E-state index contributed by atoms with van der Waals surface area (Å²) in [6.07, 6.45) is -1.73. The number of hydrogen-bond donors (Lipinski definition) is 1. The van der Waals surface area contributed by atoms with Gasteiger partial charge in [-0.3, -0.25) is 4.79 Å². The van der Waals surface area contributed by atoms with Gasteiger partial charge in [0.1, 0.15) is 0 Å².